The number of aliphatic hydroxyl groups is 1. The van der Waals surface area contributed by atoms with Crippen LogP contribution in [-0.2, 0) is 9.73 Å². The Morgan fingerprint density at radius 1 is 1.75 bits per heavy atom. The molecule has 0 aromatic rings. The zero-order valence-electron chi connectivity index (χ0n) is 4.89. The molecule has 0 aliphatic heterocycles. The van der Waals surface area contributed by atoms with Crippen LogP contribution in [0.4, 0.5) is 0 Å². The van der Waals surface area contributed by atoms with Crippen molar-refractivity contribution in [2.45, 2.75) is 6.42 Å². The summed E-state index contributed by atoms with van der Waals surface area (Å²) in [7, 11) is -2.35. The van der Waals surface area contributed by atoms with Crippen molar-refractivity contribution in [3.05, 3.63) is 0 Å². The largest absolute Gasteiger partial charge is 0.396 e. The Labute approximate surface area is 49.7 Å². The van der Waals surface area contributed by atoms with E-state index < -0.39 is 9.73 Å². The Kier molecular flexibility index (Phi) is 3.01. The van der Waals surface area contributed by atoms with Gasteiger partial charge in [-0.2, -0.15) is 0 Å². The van der Waals surface area contributed by atoms with Crippen LogP contribution in [0.3, 0.4) is 0 Å². The van der Waals surface area contributed by atoms with E-state index in [9.17, 15) is 4.21 Å². The van der Waals surface area contributed by atoms with Gasteiger partial charge in [0.1, 0.15) is 0 Å². The molecule has 3 nitrogen and oxygen atoms in total. The van der Waals surface area contributed by atoms with Gasteiger partial charge in [0, 0.05) is 28.3 Å². The van der Waals surface area contributed by atoms with E-state index >= 15 is 0 Å². The van der Waals surface area contributed by atoms with Crippen LogP contribution >= 0.6 is 0 Å². The third-order valence-corrected chi connectivity index (χ3v) is 1.76. The van der Waals surface area contributed by atoms with Gasteiger partial charge in [-0.1, -0.05) is 0 Å². The van der Waals surface area contributed by atoms with Crippen molar-refractivity contribution in [2.24, 2.45) is 0 Å². The second-order valence-electron chi connectivity index (χ2n) is 1.79. The Hall–Kier alpha value is -0.0900. The molecule has 0 heterocycles. The van der Waals surface area contributed by atoms with Crippen LogP contribution in [0.1, 0.15) is 6.42 Å². The molecule has 0 saturated heterocycles. The molecule has 1 unspecified atom stereocenters. The highest BCUT2D eigenvalue weighted by atomic mass is 32.2. The molecule has 1 atom stereocenters. The van der Waals surface area contributed by atoms with Crippen LogP contribution in [0.5, 0.6) is 0 Å². The van der Waals surface area contributed by atoms with Crippen molar-refractivity contribution in [3.63, 3.8) is 0 Å². The number of nitrogens with one attached hydrogen (secondary N) is 1. The summed E-state index contributed by atoms with van der Waals surface area (Å²) in [6.07, 6.45) is 1.85. The fraction of sp³-hybridized carbons (Fsp3) is 1.00. The van der Waals surface area contributed by atoms with Crippen molar-refractivity contribution in [2.75, 3.05) is 18.6 Å². The van der Waals surface area contributed by atoms with Gasteiger partial charge in [-0.05, 0) is 6.42 Å². The van der Waals surface area contributed by atoms with Crippen LogP contribution in [0.2, 0.25) is 0 Å². The summed E-state index contributed by atoms with van der Waals surface area (Å²) in [6, 6.07) is 0. The molecule has 0 aliphatic rings. The molecule has 4 heteroatoms. The fourth-order valence-corrected chi connectivity index (χ4v) is 1.02. The zero-order valence-corrected chi connectivity index (χ0v) is 5.70. The SMILES string of the molecule is CS(=N)(=O)CCCO. The Balaban J connectivity index is 3.42. The third-order valence-electron chi connectivity index (χ3n) is 0.692. The van der Waals surface area contributed by atoms with E-state index in [1.54, 1.807) is 0 Å². The standard InChI is InChI=1S/C4H11NO2S/c1-8(5,7)4-2-3-6/h5-6H,2-4H2,1H3. The summed E-state index contributed by atoms with van der Waals surface area (Å²) >= 11 is 0. The van der Waals surface area contributed by atoms with Gasteiger partial charge in [-0.25, -0.2) is 0 Å². The first-order valence-corrected chi connectivity index (χ1v) is 4.52. The quantitative estimate of drug-likeness (QED) is 0.577. The van der Waals surface area contributed by atoms with Gasteiger partial charge in [0.05, 0.1) is 0 Å². The van der Waals surface area contributed by atoms with E-state index in [1.165, 1.54) is 6.26 Å². The van der Waals surface area contributed by atoms with Crippen molar-refractivity contribution in [1.82, 2.24) is 0 Å². The fourth-order valence-electron chi connectivity index (χ4n) is 0.340. The molecule has 0 amide bonds. The van der Waals surface area contributed by atoms with E-state index in [1.807, 2.05) is 0 Å². The maximum atomic E-state index is 10.5. The van der Waals surface area contributed by atoms with Crippen molar-refractivity contribution in [3.8, 4) is 0 Å². The van der Waals surface area contributed by atoms with E-state index in [2.05, 4.69) is 0 Å². The molecular formula is C4H11NO2S. The first-order valence-electron chi connectivity index (χ1n) is 2.38. The summed E-state index contributed by atoms with van der Waals surface area (Å²) in [6.45, 7) is 0.0315. The van der Waals surface area contributed by atoms with Gasteiger partial charge in [-0.15, -0.1) is 0 Å². The topological polar surface area (TPSA) is 61.2 Å². The number of rotatable bonds is 3. The number of aliphatic hydroxyl groups excluding tert-OH is 1. The highest BCUT2D eigenvalue weighted by Crippen LogP contribution is 1.86. The molecule has 0 aliphatic carbocycles. The van der Waals surface area contributed by atoms with E-state index in [4.69, 9.17) is 9.89 Å². The summed E-state index contributed by atoms with van der Waals surface area (Å²) in [5.41, 5.74) is 0. The third kappa shape index (κ3) is 5.91. The molecule has 0 bridgehead atoms. The molecule has 50 valence electrons. The molecule has 0 aromatic carbocycles. The van der Waals surface area contributed by atoms with Gasteiger partial charge in [-0.3, -0.25) is 8.99 Å². The molecule has 0 spiro atoms. The zero-order chi connectivity index (χ0) is 6.62. The average Bonchev–Trinajstić information content (AvgIpc) is 1.59. The Morgan fingerprint density at radius 3 is 2.38 bits per heavy atom. The molecule has 0 rings (SSSR count). The lowest BCUT2D eigenvalue weighted by molar-refractivity contribution is 0.296. The van der Waals surface area contributed by atoms with Crippen LogP contribution in [0.15, 0.2) is 0 Å². The summed E-state index contributed by atoms with van der Waals surface area (Å²) in [5.74, 6) is 0.309. The van der Waals surface area contributed by atoms with Crippen molar-refractivity contribution in [1.29, 1.82) is 4.78 Å². The second-order valence-corrected chi connectivity index (χ2v) is 4.20. The highest BCUT2D eigenvalue weighted by Gasteiger charge is 1.93. The number of hydrogen-bond donors (Lipinski definition) is 2. The highest BCUT2D eigenvalue weighted by molar-refractivity contribution is 7.91. The summed E-state index contributed by atoms with van der Waals surface area (Å²) in [4.78, 5) is 0. The minimum absolute atomic E-state index is 0.0315. The van der Waals surface area contributed by atoms with Crippen LogP contribution in [-0.4, -0.2) is 27.9 Å². The molecule has 2 N–H and O–H groups in total. The van der Waals surface area contributed by atoms with Gasteiger partial charge in [0.2, 0.25) is 0 Å². The predicted molar refractivity (Wildman–Crippen MR) is 33.4 cm³/mol. The van der Waals surface area contributed by atoms with Gasteiger partial charge in [0.15, 0.2) is 0 Å². The minimum Gasteiger partial charge on any atom is -0.396 e. The Bertz CT molecular complexity index is 138. The first kappa shape index (κ1) is 7.91. The lowest BCUT2D eigenvalue weighted by Crippen LogP contribution is -2.02. The second kappa shape index (κ2) is 3.04. The lowest BCUT2D eigenvalue weighted by atomic mass is 10.5. The van der Waals surface area contributed by atoms with Gasteiger partial charge in [0.25, 0.3) is 0 Å². The molecule has 0 fully saturated rings. The minimum atomic E-state index is -2.35. The van der Waals surface area contributed by atoms with Gasteiger partial charge < -0.3 is 5.11 Å². The van der Waals surface area contributed by atoms with Crippen LogP contribution < -0.4 is 0 Å². The number of hydrogen-bond acceptors (Lipinski definition) is 3. The van der Waals surface area contributed by atoms with Crippen molar-refractivity contribution >= 4 is 9.73 Å². The maximum Gasteiger partial charge on any atom is 0.0440 e. The van der Waals surface area contributed by atoms with Crippen LogP contribution in [0.25, 0.3) is 0 Å². The normalized spacial score (nSPS) is 17.8. The molecular weight excluding hydrogens is 126 g/mol. The van der Waals surface area contributed by atoms with Crippen molar-refractivity contribution < 1.29 is 9.32 Å². The monoisotopic (exact) mass is 137 g/mol. The smallest absolute Gasteiger partial charge is 0.0440 e. The molecule has 0 radical (unpaired) electrons. The summed E-state index contributed by atoms with van der Waals surface area (Å²) < 4.78 is 17.4. The van der Waals surface area contributed by atoms with E-state index in [0.717, 1.165) is 0 Å². The van der Waals surface area contributed by atoms with E-state index in [0.29, 0.717) is 12.2 Å². The maximum absolute atomic E-state index is 10.5. The molecule has 8 heavy (non-hydrogen) atoms. The average molecular weight is 137 g/mol. The predicted octanol–water partition coefficient (Wildman–Crippen LogP) is 0.0454. The van der Waals surface area contributed by atoms with Gasteiger partial charge >= 0.3 is 0 Å². The summed E-state index contributed by atoms with van der Waals surface area (Å²) in [5, 5.41) is 8.22. The Morgan fingerprint density at radius 2 is 2.25 bits per heavy atom. The lowest BCUT2D eigenvalue weighted by Gasteiger charge is -1.94. The molecule has 0 saturated carbocycles. The molecule has 0 aromatic heterocycles. The first-order chi connectivity index (χ1) is 3.56. The van der Waals surface area contributed by atoms with Crippen LogP contribution in [0, 0.1) is 4.78 Å². The van der Waals surface area contributed by atoms with E-state index in [-0.39, 0.29) is 6.61 Å².